The lowest BCUT2D eigenvalue weighted by Crippen LogP contribution is -2.13. The quantitative estimate of drug-likeness (QED) is 0.647. The predicted octanol–water partition coefficient (Wildman–Crippen LogP) is 5.04. The first-order valence-corrected chi connectivity index (χ1v) is 8.99. The number of fused-ring (bicyclic) bond motifs is 1. The molecule has 0 atom stereocenters. The lowest BCUT2D eigenvalue weighted by molar-refractivity contribution is 0.103. The van der Waals surface area contributed by atoms with Gasteiger partial charge in [0.05, 0.1) is 0 Å². The number of carbonyl (C=O) groups is 1. The van der Waals surface area contributed by atoms with Crippen LogP contribution in [0.2, 0.25) is 0 Å². The maximum atomic E-state index is 13.2. The third-order valence-electron chi connectivity index (χ3n) is 5.05. The molecule has 3 nitrogen and oxygen atoms in total. The van der Waals surface area contributed by atoms with Gasteiger partial charge in [0.25, 0.3) is 0 Å². The van der Waals surface area contributed by atoms with Gasteiger partial charge in [-0.1, -0.05) is 35.9 Å². The fraction of sp³-hybridized carbons (Fsp3) is 0.125. The fourth-order valence-electron chi connectivity index (χ4n) is 3.64. The Morgan fingerprint density at radius 1 is 0.815 bits per heavy atom. The molecule has 0 amide bonds. The van der Waals surface area contributed by atoms with Gasteiger partial charge >= 0.3 is 0 Å². The van der Waals surface area contributed by atoms with Gasteiger partial charge in [-0.05, 0) is 78.4 Å². The van der Waals surface area contributed by atoms with Gasteiger partial charge in [0.1, 0.15) is 11.5 Å². The molecule has 0 spiro atoms. The molecule has 134 valence electrons. The van der Waals surface area contributed by atoms with E-state index in [0.29, 0.717) is 18.4 Å². The zero-order valence-electron chi connectivity index (χ0n) is 15.1. The van der Waals surface area contributed by atoms with E-state index < -0.39 is 0 Å². The van der Waals surface area contributed by atoms with Crippen molar-refractivity contribution in [3.05, 3.63) is 100 Å². The summed E-state index contributed by atoms with van der Waals surface area (Å²) in [5, 5.41) is 19.4. The summed E-state index contributed by atoms with van der Waals surface area (Å²) >= 11 is 0. The lowest BCUT2D eigenvalue weighted by atomic mass is 9.79. The number of Topliss-reactive ketones (excluding diaryl/α,β-unsaturated/α-hetero) is 1. The molecule has 0 unspecified atom stereocenters. The molecule has 0 radical (unpaired) electrons. The molecule has 0 heterocycles. The Balaban J connectivity index is 1.91. The van der Waals surface area contributed by atoms with E-state index in [1.165, 1.54) is 12.1 Å². The zero-order valence-corrected chi connectivity index (χ0v) is 15.1. The van der Waals surface area contributed by atoms with Crippen molar-refractivity contribution in [2.24, 2.45) is 0 Å². The summed E-state index contributed by atoms with van der Waals surface area (Å²) < 4.78 is 0. The molecule has 3 aromatic carbocycles. The number of allylic oxidation sites excluding steroid dienone is 1. The van der Waals surface area contributed by atoms with Gasteiger partial charge in [-0.3, -0.25) is 4.79 Å². The van der Waals surface area contributed by atoms with E-state index in [1.54, 1.807) is 24.3 Å². The summed E-state index contributed by atoms with van der Waals surface area (Å²) in [6.45, 7) is 2.04. The first kappa shape index (κ1) is 17.1. The second kappa shape index (κ2) is 6.76. The van der Waals surface area contributed by atoms with Crippen molar-refractivity contribution in [1.29, 1.82) is 0 Å². The summed E-state index contributed by atoms with van der Waals surface area (Å²) in [4.78, 5) is 13.2. The topological polar surface area (TPSA) is 57.5 Å². The van der Waals surface area contributed by atoms with Crippen molar-refractivity contribution >= 4 is 11.4 Å². The number of benzene rings is 3. The highest BCUT2D eigenvalue weighted by Crippen LogP contribution is 2.38. The minimum atomic E-state index is -0.0238. The van der Waals surface area contributed by atoms with Crippen LogP contribution in [-0.2, 0) is 6.42 Å². The third kappa shape index (κ3) is 3.24. The molecule has 3 aromatic rings. The van der Waals surface area contributed by atoms with Gasteiger partial charge in [0, 0.05) is 11.1 Å². The molecule has 1 aliphatic carbocycles. The monoisotopic (exact) mass is 356 g/mol. The van der Waals surface area contributed by atoms with E-state index in [4.69, 9.17) is 0 Å². The standard InChI is InChI=1S/C24H20O3/c1-15-2-4-16(5-3-15)23-21-13-11-20(26)14-18(21)8-12-22(23)24(27)17-6-9-19(25)10-7-17/h2-7,9-11,13-14,25-26H,8,12H2,1H3. The number of phenolic OH excluding ortho intramolecular Hbond substituents is 2. The summed E-state index contributed by atoms with van der Waals surface area (Å²) in [5.74, 6) is 0.360. The SMILES string of the molecule is Cc1ccc(C2=C(C(=O)c3ccc(O)cc3)CCc3cc(O)ccc32)cc1. The van der Waals surface area contributed by atoms with E-state index >= 15 is 0 Å². The molecule has 2 N–H and O–H groups in total. The molecule has 27 heavy (non-hydrogen) atoms. The van der Waals surface area contributed by atoms with Crippen LogP contribution < -0.4 is 0 Å². The second-order valence-electron chi connectivity index (χ2n) is 6.94. The molecule has 0 fully saturated rings. The first-order chi connectivity index (χ1) is 13.0. The van der Waals surface area contributed by atoms with Crippen molar-refractivity contribution in [3.8, 4) is 11.5 Å². The molecule has 0 saturated carbocycles. The average molecular weight is 356 g/mol. The van der Waals surface area contributed by atoms with Crippen molar-refractivity contribution < 1.29 is 15.0 Å². The molecule has 4 rings (SSSR count). The number of ketones is 1. The zero-order chi connectivity index (χ0) is 19.0. The third-order valence-corrected chi connectivity index (χ3v) is 5.05. The van der Waals surface area contributed by atoms with Crippen LogP contribution in [0.15, 0.2) is 72.3 Å². The maximum Gasteiger partial charge on any atom is 0.189 e. The van der Waals surface area contributed by atoms with E-state index in [2.05, 4.69) is 0 Å². The molecule has 0 aliphatic heterocycles. The first-order valence-electron chi connectivity index (χ1n) is 8.99. The summed E-state index contributed by atoms with van der Waals surface area (Å²) in [5.41, 5.74) is 6.45. The fourth-order valence-corrected chi connectivity index (χ4v) is 3.64. The number of hydrogen-bond donors (Lipinski definition) is 2. The highest BCUT2D eigenvalue weighted by Gasteiger charge is 2.25. The Hall–Kier alpha value is -3.33. The van der Waals surface area contributed by atoms with E-state index in [1.807, 2.05) is 37.3 Å². The summed E-state index contributed by atoms with van der Waals surface area (Å²) in [6.07, 6.45) is 1.32. The molecular weight excluding hydrogens is 336 g/mol. The lowest BCUT2D eigenvalue weighted by Gasteiger charge is -2.24. The van der Waals surface area contributed by atoms with Gasteiger partial charge in [-0.2, -0.15) is 0 Å². The van der Waals surface area contributed by atoms with E-state index in [-0.39, 0.29) is 17.3 Å². The van der Waals surface area contributed by atoms with Gasteiger partial charge < -0.3 is 10.2 Å². The van der Waals surface area contributed by atoms with Crippen LogP contribution in [0.3, 0.4) is 0 Å². The van der Waals surface area contributed by atoms with Crippen LogP contribution in [0.4, 0.5) is 0 Å². The highest BCUT2D eigenvalue weighted by molar-refractivity contribution is 6.15. The van der Waals surface area contributed by atoms with E-state index in [9.17, 15) is 15.0 Å². The Bertz CT molecular complexity index is 1040. The van der Waals surface area contributed by atoms with Crippen molar-refractivity contribution in [3.63, 3.8) is 0 Å². The van der Waals surface area contributed by atoms with Crippen molar-refractivity contribution in [2.75, 3.05) is 0 Å². The van der Waals surface area contributed by atoms with Crippen LogP contribution in [-0.4, -0.2) is 16.0 Å². The van der Waals surface area contributed by atoms with Gasteiger partial charge in [0.2, 0.25) is 0 Å². The van der Waals surface area contributed by atoms with Crippen LogP contribution in [0.25, 0.3) is 5.57 Å². The number of carbonyl (C=O) groups excluding carboxylic acids is 1. The largest absolute Gasteiger partial charge is 0.508 e. The molecular formula is C24H20O3. The Kier molecular flexibility index (Phi) is 4.28. The summed E-state index contributed by atoms with van der Waals surface area (Å²) in [7, 11) is 0. The van der Waals surface area contributed by atoms with Crippen LogP contribution in [0.1, 0.15) is 39.0 Å². The van der Waals surface area contributed by atoms with Crippen molar-refractivity contribution in [2.45, 2.75) is 19.8 Å². The number of phenols is 2. The van der Waals surface area contributed by atoms with Gasteiger partial charge in [0.15, 0.2) is 5.78 Å². The van der Waals surface area contributed by atoms with Crippen LogP contribution in [0, 0.1) is 6.92 Å². The molecule has 0 saturated heterocycles. The minimum Gasteiger partial charge on any atom is -0.508 e. The second-order valence-corrected chi connectivity index (χ2v) is 6.94. The maximum absolute atomic E-state index is 13.2. The van der Waals surface area contributed by atoms with Gasteiger partial charge in [-0.25, -0.2) is 0 Å². The Morgan fingerprint density at radius 2 is 1.48 bits per heavy atom. The number of aromatic hydroxyl groups is 2. The number of rotatable bonds is 3. The van der Waals surface area contributed by atoms with Gasteiger partial charge in [-0.15, -0.1) is 0 Å². The predicted molar refractivity (Wildman–Crippen MR) is 106 cm³/mol. The number of aryl methyl sites for hydroxylation is 2. The smallest absolute Gasteiger partial charge is 0.189 e. The average Bonchev–Trinajstić information content (AvgIpc) is 2.68. The van der Waals surface area contributed by atoms with Crippen LogP contribution >= 0.6 is 0 Å². The molecule has 0 aromatic heterocycles. The molecule has 1 aliphatic rings. The van der Waals surface area contributed by atoms with Crippen LogP contribution in [0.5, 0.6) is 11.5 Å². The Labute approximate surface area is 158 Å². The summed E-state index contributed by atoms with van der Waals surface area (Å²) in [6, 6.07) is 19.9. The van der Waals surface area contributed by atoms with E-state index in [0.717, 1.165) is 33.4 Å². The minimum absolute atomic E-state index is 0.0238. The highest BCUT2D eigenvalue weighted by atomic mass is 16.3. The van der Waals surface area contributed by atoms with Crippen molar-refractivity contribution in [1.82, 2.24) is 0 Å². The molecule has 0 bridgehead atoms. The normalized spacial score (nSPS) is 13.4. The number of hydrogen-bond acceptors (Lipinski definition) is 3. The Morgan fingerprint density at radius 3 is 2.19 bits per heavy atom. The molecule has 3 heteroatoms.